The van der Waals surface area contributed by atoms with Gasteiger partial charge in [0.1, 0.15) is 12.6 Å². The van der Waals surface area contributed by atoms with E-state index in [0.29, 0.717) is 13.0 Å². The van der Waals surface area contributed by atoms with Gasteiger partial charge >= 0.3 is 12.1 Å². The third kappa shape index (κ3) is 5.48. The highest BCUT2D eigenvalue weighted by Crippen LogP contribution is 2.44. The van der Waals surface area contributed by atoms with Crippen molar-refractivity contribution in [3.63, 3.8) is 0 Å². The number of alkyl carbamates (subject to hydrolysis) is 1. The summed E-state index contributed by atoms with van der Waals surface area (Å²) < 4.78 is 5.62. The molecule has 7 nitrogen and oxygen atoms in total. The van der Waals surface area contributed by atoms with E-state index >= 15 is 0 Å². The molecule has 0 bridgehead atoms. The molecule has 1 fully saturated rings. The highest BCUT2D eigenvalue weighted by Gasteiger charge is 2.34. The average molecular weight is 475 g/mol. The topological polar surface area (TPSA) is 95.9 Å². The Bertz CT molecular complexity index is 1120. The van der Waals surface area contributed by atoms with Crippen LogP contribution in [0.2, 0.25) is 0 Å². The number of nitrogens with one attached hydrogen (secondary N) is 1. The largest absolute Gasteiger partial charge is 0.481 e. The van der Waals surface area contributed by atoms with Crippen molar-refractivity contribution >= 4 is 18.0 Å². The summed E-state index contributed by atoms with van der Waals surface area (Å²) in [5.41, 5.74) is 4.49. The second kappa shape index (κ2) is 11.1. The zero-order chi connectivity index (χ0) is 24.8. The lowest BCUT2D eigenvalue weighted by Gasteiger charge is -2.37. The molecular formula is C28H30N2O5. The van der Waals surface area contributed by atoms with E-state index in [0.717, 1.165) is 35.1 Å². The number of carbonyl (C=O) groups excluding carboxylic acids is 2. The fraction of sp³-hybridized carbons (Fsp3) is 0.393. The number of hydrogen-bond donors (Lipinski definition) is 2. The first-order chi connectivity index (χ1) is 17.0. The normalized spacial score (nSPS) is 17.4. The molecule has 0 aromatic heterocycles. The van der Waals surface area contributed by atoms with E-state index in [2.05, 4.69) is 29.3 Å². The quantitative estimate of drug-likeness (QED) is 0.588. The molecule has 1 saturated heterocycles. The lowest BCUT2D eigenvalue weighted by atomic mass is 9.98. The standard InChI is InChI=1S/C28H30N2O5/c1-2-3-15-25(27(33)30-16-9-8-10-19(30)17-26(31)32)29-28(34)35-18-24-22-13-6-4-11-20(22)21-12-5-7-14-23(21)24/h4-7,11-14,19,24-25H,8-10,15-18H2,1H3,(H,29,34)(H,31,32)/t19-,25?/m1/s1. The summed E-state index contributed by atoms with van der Waals surface area (Å²) in [7, 11) is 0. The fourth-order valence-electron chi connectivity index (χ4n) is 5.09. The number of piperidine rings is 1. The number of aliphatic carboxylic acids is 1. The summed E-state index contributed by atoms with van der Waals surface area (Å²) >= 11 is 0. The van der Waals surface area contributed by atoms with E-state index in [9.17, 15) is 19.5 Å². The second-order valence-corrected chi connectivity index (χ2v) is 8.93. The molecule has 35 heavy (non-hydrogen) atoms. The van der Waals surface area contributed by atoms with Crippen LogP contribution < -0.4 is 5.32 Å². The van der Waals surface area contributed by atoms with Crippen LogP contribution in [0.1, 0.15) is 56.1 Å². The highest BCUT2D eigenvalue weighted by molar-refractivity contribution is 5.87. The van der Waals surface area contributed by atoms with Crippen molar-refractivity contribution < 1.29 is 24.2 Å². The van der Waals surface area contributed by atoms with Gasteiger partial charge in [-0.15, -0.1) is 11.8 Å². The number of ether oxygens (including phenoxy) is 1. The minimum absolute atomic E-state index is 0.0835. The SMILES string of the molecule is CC#CCC(NC(=O)OCC1c2ccccc2-c2ccccc21)C(=O)N1CCCC[C@@H]1CC(=O)O. The molecule has 2 aromatic rings. The number of amides is 2. The number of benzene rings is 2. The molecule has 2 aliphatic rings. The van der Waals surface area contributed by atoms with Crippen LogP contribution >= 0.6 is 0 Å². The van der Waals surface area contributed by atoms with E-state index in [1.165, 1.54) is 0 Å². The van der Waals surface area contributed by atoms with Crippen LogP contribution in [0.5, 0.6) is 0 Å². The molecule has 0 saturated carbocycles. The number of nitrogens with zero attached hydrogens (tertiary/aromatic N) is 1. The number of carbonyl (C=O) groups is 3. The van der Waals surface area contributed by atoms with Gasteiger partial charge in [-0.3, -0.25) is 9.59 Å². The van der Waals surface area contributed by atoms with Crippen molar-refractivity contribution in [1.29, 1.82) is 0 Å². The maximum absolute atomic E-state index is 13.3. The number of carboxylic acids is 1. The van der Waals surface area contributed by atoms with Crippen LogP contribution in [0.3, 0.4) is 0 Å². The van der Waals surface area contributed by atoms with Gasteiger partial charge in [0.05, 0.1) is 6.42 Å². The van der Waals surface area contributed by atoms with Gasteiger partial charge in [-0.2, -0.15) is 0 Å². The van der Waals surface area contributed by atoms with Crippen molar-refractivity contribution in [2.24, 2.45) is 0 Å². The fourth-order valence-corrected chi connectivity index (χ4v) is 5.09. The average Bonchev–Trinajstić information content (AvgIpc) is 3.18. The molecule has 7 heteroatoms. The van der Waals surface area contributed by atoms with Gasteiger partial charge in [0, 0.05) is 24.9 Å². The number of carboxylic acid groups (broad SMARTS) is 1. The number of likely N-dealkylation sites (tertiary alicyclic amines) is 1. The van der Waals surface area contributed by atoms with E-state index in [-0.39, 0.29) is 37.3 Å². The zero-order valence-corrected chi connectivity index (χ0v) is 19.8. The number of fused-ring (bicyclic) bond motifs is 3. The Kier molecular flexibility index (Phi) is 7.71. The summed E-state index contributed by atoms with van der Waals surface area (Å²) in [4.78, 5) is 39.0. The minimum Gasteiger partial charge on any atom is -0.481 e. The van der Waals surface area contributed by atoms with Gasteiger partial charge in [-0.1, -0.05) is 48.5 Å². The Balaban J connectivity index is 1.44. The number of rotatable bonds is 7. The molecule has 1 aliphatic heterocycles. The summed E-state index contributed by atoms with van der Waals surface area (Å²) in [6.07, 6.45) is 1.66. The predicted octanol–water partition coefficient (Wildman–Crippen LogP) is 4.16. The molecule has 182 valence electrons. The Morgan fingerprint density at radius 2 is 1.74 bits per heavy atom. The highest BCUT2D eigenvalue weighted by atomic mass is 16.5. The minimum atomic E-state index is -0.941. The van der Waals surface area contributed by atoms with E-state index < -0.39 is 18.1 Å². The Morgan fingerprint density at radius 3 is 2.37 bits per heavy atom. The zero-order valence-electron chi connectivity index (χ0n) is 19.8. The summed E-state index contributed by atoms with van der Waals surface area (Å²) in [6, 6.07) is 14.9. The van der Waals surface area contributed by atoms with Crippen molar-refractivity contribution in [2.75, 3.05) is 13.2 Å². The first-order valence-corrected chi connectivity index (χ1v) is 12.0. The lowest BCUT2D eigenvalue weighted by molar-refractivity contribution is -0.142. The summed E-state index contributed by atoms with van der Waals surface area (Å²) in [6.45, 7) is 2.29. The molecule has 2 atom stereocenters. The van der Waals surface area contributed by atoms with Crippen molar-refractivity contribution in [3.05, 3.63) is 59.7 Å². The monoisotopic (exact) mass is 474 g/mol. The molecule has 0 radical (unpaired) electrons. The Morgan fingerprint density at radius 1 is 1.09 bits per heavy atom. The summed E-state index contributed by atoms with van der Waals surface area (Å²) in [5, 5.41) is 11.9. The van der Waals surface area contributed by atoms with Crippen LogP contribution in [0, 0.1) is 11.8 Å². The Labute approximate surface area is 205 Å². The maximum Gasteiger partial charge on any atom is 0.407 e. The van der Waals surface area contributed by atoms with E-state index in [4.69, 9.17) is 4.74 Å². The molecule has 2 aromatic carbocycles. The van der Waals surface area contributed by atoms with Crippen LogP contribution in [-0.2, 0) is 14.3 Å². The van der Waals surface area contributed by atoms with Crippen molar-refractivity contribution in [2.45, 2.75) is 57.0 Å². The van der Waals surface area contributed by atoms with Crippen LogP contribution in [-0.4, -0.2) is 53.2 Å². The third-order valence-electron chi connectivity index (χ3n) is 6.74. The maximum atomic E-state index is 13.3. The molecule has 2 amide bonds. The smallest absolute Gasteiger partial charge is 0.407 e. The van der Waals surface area contributed by atoms with E-state index in [1.54, 1.807) is 11.8 Å². The first-order valence-electron chi connectivity index (χ1n) is 12.0. The van der Waals surface area contributed by atoms with Crippen LogP contribution in [0.15, 0.2) is 48.5 Å². The molecule has 4 rings (SSSR count). The van der Waals surface area contributed by atoms with Crippen molar-refractivity contribution in [1.82, 2.24) is 10.2 Å². The Hall–Kier alpha value is -3.79. The van der Waals surface area contributed by atoms with Crippen LogP contribution in [0.25, 0.3) is 11.1 Å². The van der Waals surface area contributed by atoms with Gasteiger partial charge < -0.3 is 20.1 Å². The predicted molar refractivity (Wildman–Crippen MR) is 132 cm³/mol. The van der Waals surface area contributed by atoms with E-state index in [1.807, 2.05) is 36.4 Å². The van der Waals surface area contributed by atoms with Gasteiger partial charge in [0.2, 0.25) is 5.91 Å². The van der Waals surface area contributed by atoms with Crippen molar-refractivity contribution in [3.8, 4) is 23.0 Å². The van der Waals surface area contributed by atoms with Gasteiger partial charge in [-0.25, -0.2) is 4.79 Å². The first kappa shape index (κ1) is 24.3. The molecule has 1 heterocycles. The molecule has 0 spiro atoms. The van der Waals surface area contributed by atoms with Gasteiger partial charge in [0.15, 0.2) is 0 Å². The molecule has 1 aliphatic carbocycles. The molecule has 2 N–H and O–H groups in total. The lowest BCUT2D eigenvalue weighted by Crippen LogP contribution is -2.53. The molecule has 1 unspecified atom stereocenters. The second-order valence-electron chi connectivity index (χ2n) is 8.93. The third-order valence-corrected chi connectivity index (χ3v) is 6.74. The number of hydrogen-bond acceptors (Lipinski definition) is 4. The summed E-state index contributed by atoms with van der Waals surface area (Å²) in [5.74, 6) is 4.30. The van der Waals surface area contributed by atoms with Crippen LogP contribution in [0.4, 0.5) is 4.79 Å². The molecular weight excluding hydrogens is 444 g/mol. The van der Waals surface area contributed by atoms with Gasteiger partial charge in [-0.05, 0) is 48.4 Å². The van der Waals surface area contributed by atoms with Gasteiger partial charge in [0.25, 0.3) is 0 Å².